The Kier molecular flexibility index (Phi) is 4.30. The van der Waals surface area contributed by atoms with Gasteiger partial charge in [0.1, 0.15) is 11.6 Å². The molecule has 22 heavy (non-hydrogen) atoms. The summed E-state index contributed by atoms with van der Waals surface area (Å²) in [6.45, 7) is 0.452. The minimum Gasteiger partial charge on any atom is -0.497 e. The molecule has 0 saturated carbocycles. The standard InChI is InChI=1S/C14H15F3N2O3/c1-14(16,17)13(21)18-10-6-11(20)19-12(10)8-5-7(22-2)3-4-9(8)15/h3-5,10,12H,6H2,1-2H3,(H,18,21)(H,19,20)/t10-,12+/m0/s1. The molecule has 1 aromatic rings. The Hall–Kier alpha value is -2.25. The lowest BCUT2D eigenvalue weighted by molar-refractivity contribution is -0.143. The topological polar surface area (TPSA) is 67.4 Å². The third-order valence-electron chi connectivity index (χ3n) is 3.38. The summed E-state index contributed by atoms with van der Waals surface area (Å²) < 4.78 is 44.9. The van der Waals surface area contributed by atoms with Crippen LogP contribution in [0.25, 0.3) is 0 Å². The first kappa shape index (κ1) is 16.1. The third kappa shape index (κ3) is 3.32. The molecule has 5 nitrogen and oxygen atoms in total. The Labute approximate surface area is 124 Å². The first-order valence-electron chi connectivity index (χ1n) is 6.54. The van der Waals surface area contributed by atoms with E-state index < -0.39 is 35.6 Å². The summed E-state index contributed by atoms with van der Waals surface area (Å²) in [5, 5.41) is 4.56. The van der Waals surface area contributed by atoms with Gasteiger partial charge in [-0.1, -0.05) is 0 Å². The van der Waals surface area contributed by atoms with Gasteiger partial charge < -0.3 is 15.4 Å². The van der Waals surface area contributed by atoms with Gasteiger partial charge in [0.15, 0.2) is 0 Å². The van der Waals surface area contributed by atoms with Crippen LogP contribution in [0.3, 0.4) is 0 Å². The average Bonchev–Trinajstić information content (AvgIpc) is 2.79. The van der Waals surface area contributed by atoms with E-state index in [1.807, 2.05) is 0 Å². The van der Waals surface area contributed by atoms with Gasteiger partial charge in [-0.05, 0) is 18.2 Å². The number of hydrogen-bond acceptors (Lipinski definition) is 3. The maximum Gasteiger partial charge on any atom is 0.321 e. The summed E-state index contributed by atoms with van der Waals surface area (Å²) >= 11 is 0. The molecule has 2 N–H and O–H groups in total. The van der Waals surface area contributed by atoms with Crippen LogP contribution >= 0.6 is 0 Å². The number of halogens is 3. The van der Waals surface area contributed by atoms with Gasteiger partial charge in [0.05, 0.1) is 19.2 Å². The molecule has 1 aliphatic rings. The molecule has 1 heterocycles. The van der Waals surface area contributed by atoms with Crippen molar-refractivity contribution >= 4 is 11.8 Å². The molecule has 8 heteroatoms. The Morgan fingerprint density at radius 2 is 2.14 bits per heavy atom. The molecule has 0 unspecified atom stereocenters. The van der Waals surface area contributed by atoms with Crippen molar-refractivity contribution in [1.29, 1.82) is 0 Å². The van der Waals surface area contributed by atoms with E-state index in [0.717, 1.165) is 6.07 Å². The normalized spacial score (nSPS) is 21.4. The lowest BCUT2D eigenvalue weighted by atomic mass is 9.99. The molecule has 0 bridgehead atoms. The largest absolute Gasteiger partial charge is 0.497 e. The van der Waals surface area contributed by atoms with E-state index in [2.05, 4.69) is 10.6 Å². The number of ether oxygens (including phenoxy) is 1. The van der Waals surface area contributed by atoms with Gasteiger partial charge in [-0.3, -0.25) is 9.59 Å². The highest BCUT2D eigenvalue weighted by Crippen LogP contribution is 2.30. The number of nitrogens with one attached hydrogen (secondary N) is 2. The lowest BCUT2D eigenvalue weighted by Crippen LogP contribution is -2.45. The van der Waals surface area contributed by atoms with Crippen LogP contribution in [0.4, 0.5) is 13.2 Å². The van der Waals surface area contributed by atoms with Crippen LogP contribution in [0.2, 0.25) is 0 Å². The minimum absolute atomic E-state index is 0.0647. The Bertz CT molecular complexity index is 601. The zero-order chi connectivity index (χ0) is 16.5. The molecule has 1 aromatic carbocycles. The van der Waals surface area contributed by atoms with Crippen molar-refractivity contribution in [2.75, 3.05) is 7.11 Å². The molecule has 0 spiro atoms. The Balaban J connectivity index is 2.28. The number of methoxy groups -OCH3 is 1. The highest BCUT2D eigenvalue weighted by Gasteiger charge is 2.40. The summed E-state index contributed by atoms with van der Waals surface area (Å²) in [4.78, 5) is 22.9. The molecule has 1 saturated heterocycles. The predicted octanol–water partition coefficient (Wildman–Crippen LogP) is 1.54. The van der Waals surface area contributed by atoms with Crippen LogP contribution in [-0.4, -0.2) is 30.9 Å². The van der Waals surface area contributed by atoms with E-state index in [1.165, 1.54) is 19.2 Å². The minimum atomic E-state index is -3.58. The number of alkyl halides is 2. The molecule has 2 rings (SSSR count). The Morgan fingerprint density at radius 1 is 1.45 bits per heavy atom. The van der Waals surface area contributed by atoms with E-state index in [1.54, 1.807) is 0 Å². The van der Waals surface area contributed by atoms with Crippen molar-refractivity contribution in [3.63, 3.8) is 0 Å². The smallest absolute Gasteiger partial charge is 0.321 e. The SMILES string of the molecule is COc1ccc(F)c([C@H]2NC(=O)C[C@@H]2NC(=O)C(C)(F)F)c1. The van der Waals surface area contributed by atoms with Crippen molar-refractivity contribution in [3.05, 3.63) is 29.6 Å². The van der Waals surface area contributed by atoms with Gasteiger partial charge >= 0.3 is 5.92 Å². The summed E-state index contributed by atoms with van der Waals surface area (Å²) in [7, 11) is 1.39. The Morgan fingerprint density at radius 3 is 2.73 bits per heavy atom. The maximum atomic E-state index is 14.0. The molecule has 0 radical (unpaired) electrons. The zero-order valence-corrected chi connectivity index (χ0v) is 12.0. The number of carbonyl (C=O) groups excluding carboxylic acids is 2. The van der Waals surface area contributed by atoms with E-state index in [-0.39, 0.29) is 12.0 Å². The molecule has 1 aliphatic heterocycles. The van der Waals surface area contributed by atoms with E-state index in [9.17, 15) is 22.8 Å². The van der Waals surface area contributed by atoms with Gasteiger partial charge in [0.25, 0.3) is 5.91 Å². The summed E-state index contributed by atoms with van der Waals surface area (Å²) in [6, 6.07) is 1.99. The summed E-state index contributed by atoms with van der Waals surface area (Å²) in [5.41, 5.74) is 0.0647. The number of hydrogen-bond donors (Lipinski definition) is 2. The molecule has 2 amide bonds. The van der Waals surface area contributed by atoms with E-state index in [0.29, 0.717) is 12.7 Å². The van der Waals surface area contributed by atoms with Gasteiger partial charge in [-0.2, -0.15) is 8.78 Å². The van der Waals surface area contributed by atoms with Gasteiger partial charge in [0.2, 0.25) is 5.91 Å². The molecular formula is C14H15F3N2O3. The van der Waals surface area contributed by atoms with Crippen LogP contribution in [0.5, 0.6) is 5.75 Å². The van der Waals surface area contributed by atoms with Crippen LogP contribution in [0, 0.1) is 5.82 Å². The van der Waals surface area contributed by atoms with Crippen molar-refractivity contribution in [1.82, 2.24) is 10.6 Å². The van der Waals surface area contributed by atoms with Gasteiger partial charge in [0, 0.05) is 18.9 Å². The van der Waals surface area contributed by atoms with Crippen LogP contribution in [0.1, 0.15) is 24.9 Å². The first-order valence-corrected chi connectivity index (χ1v) is 6.54. The highest BCUT2D eigenvalue weighted by molar-refractivity contribution is 5.86. The second kappa shape index (κ2) is 5.86. The van der Waals surface area contributed by atoms with Crippen molar-refractivity contribution < 1.29 is 27.5 Å². The quantitative estimate of drug-likeness (QED) is 0.885. The van der Waals surface area contributed by atoms with Crippen molar-refractivity contribution in [3.8, 4) is 5.75 Å². The summed E-state index contributed by atoms with van der Waals surface area (Å²) in [6.07, 6.45) is -0.205. The van der Waals surface area contributed by atoms with Gasteiger partial charge in [-0.15, -0.1) is 0 Å². The second-order valence-corrected chi connectivity index (χ2v) is 5.11. The monoisotopic (exact) mass is 316 g/mol. The fraction of sp³-hybridized carbons (Fsp3) is 0.429. The third-order valence-corrected chi connectivity index (χ3v) is 3.38. The number of amides is 2. The molecule has 120 valence electrons. The number of benzene rings is 1. The fourth-order valence-corrected chi connectivity index (χ4v) is 2.26. The number of carbonyl (C=O) groups is 2. The predicted molar refractivity (Wildman–Crippen MR) is 71.0 cm³/mol. The molecule has 0 aliphatic carbocycles. The van der Waals surface area contributed by atoms with Gasteiger partial charge in [-0.25, -0.2) is 4.39 Å². The average molecular weight is 316 g/mol. The fourth-order valence-electron chi connectivity index (χ4n) is 2.26. The van der Waals surface area contributed by atoms with E-state index >= 15 is 0 Å². The second-order valence-electron chi connectivity index (χ2n) is 5.11. The number of rotatable bonds is 4. The van der Waals surface area contributed by atoms with Crippen LogP contribution in [-0.2, 0) is 9.59 Å². The van der Waals surface area contributed by atoms with E-state index in [4.69, 9.17) is 4.74 Å². The molecular weight excluding hydrogens is 301 g/mol. The molecule has 1 fully saturated rings. The molecule has 2 atom stereocenters. The van der Waals surface area contributed by atoms with Crippen LogP contribution < -0.4 is 15.4 Å². The van der Waals surface area contributed by atoms with Crippen molar-refractivity contribution in [2.45, 2.75) is 31.4 Å². The lowest BCUT2D eigenvalue weighted by Gasteiger charge is -2.22. The van der Waals surface area contributed by atoms with Crippen molar-refractivity contribution in [2.24, 2.45) is 0 Å². The van der Waals surface area contributed by atoms with Crippen LogP contribution in [0.15, 0.2) is 18.2 Å². The first-order chi connectivity index (χ1) is 10.2. The summed E-state index contributed by atoms with van der Waals surface area (Å²) in [5.74, 6) is -5.83. The maximum absolute atomic E-state index is 14.0. The highest BCUT2D eigenvalue weighted by atomic mass is 19.3. The zero-order valence-electron chi connectivity index (χ0n) is 12.0. The molecule has 0 aromatic heterocycles.